The zero-order valence-corrected chi connectivity index (χ0v) is 28.9. The number of likely N-dealkylation sites (tertiary alicyclic amines) is 1. The molecule has 46 heavy (non-hydrogen) atoms. The molecule has 3 amide bonds. The topological polar surface area (TPSA) is 125 Å². The van der Waals surface area contributed by atoms with Gasteiger partial charge in [0.1, 0.15) is 29.8 Å². The third-order valence-electron chi connectivity index (χ3n) is 9.36. The molecular formula is C35H46BrN3O7. The molecule has 0 radical (unpaired) electrons. The fourth-order valence-corrected chi connectivity index (χ4v) is 8.58. The molecule has 1 aromatic carbocycles. The highest BCUT2D eigenvalue weighted by Gasteiger charge is 2.75. The van der Waals surface area contributed by atoms with E-state index in [0.29, 0.717) is 22.9 Å². The molecule has 0 aromatic heterocycles. The number of hydrogen-bond acceptors (Lipinski definition) is 7. The maximum absolute atomic E-state index is 15.0. The molecule has 0 unspecified atom stereocenters. The zero-order valence-electron chi connectivity index (χ0n) is 27.3. The number of cyclic esters (lactones) is 1. The van der Waals surface area contributed by atoms with Gasteiger partial charge < -0.3 is 29.7 Å². The van der Waals surface area contributed by atoms with Gasteiger partial charge in [-0.1, -0.05) is 79.2 Å². The molecule has 2 saturated heterocycles. The zero-order chi connectivity index (χ0) is 33.4. The summed E-state index contributed by atoms with van der Waals surface area (Å²) in [5.41, 5.74) is -1.44. The summed E-state index contributed by atoms with van der Waals surface area (Å²) in [6.07, 6.45) is 5.62. The Bertz CT molecular complexity index is 1400. The first-order chi connectivity index (χ1) is 21.7. The predicted molar refractivity (Wildman–Crippen MR) is 175 cm³/mol. The standard InChI is InChI=1S/C35H46BrN3O7/c1-33(2,3)21-34(4,5)39-17-11-7-10-15-25(41)37-20-24(22-13-8-6-9-14-22)45-32(44)26-27-30(42)38(16-12-18-40)29(31(39)43)35(27)19-23(36)28(26)46-35/h6-9,11,13-14,19,24,26-29,40H,10,12,15-18,20-21H2,1-5H3,(H,37,41)/b11-7-/t24-,26-,27+,28-,29-,35+/m1/s1. The summed E-state index contributed by atoms with van der Waals surface area (Å²) in [6.45, 7) is 10.7. The largest absolute Gasteiger partial charge is 0.455 e. The Morgan fingerprint density at radius 2 is 1.76 bits per heavy atom. The molecule has 0 saturated carbocycles. The maximum Gasteiger partial charge on any atom is 0.313 e. The van der Waals surface area contributed by atoms with Crippen LogP contribution in [0, 0.1) is 17.3 Å². The Balaban J connectivity index is 1.61. The van der Waals surface area contributed by atoms with E-state index in [4.69, 9.17) is 9.47 Å². The van der Waals surface area contributed by atoms with Crippen molar-refractivity contribution in [3.63, 3.8) is 0 Å². The quantitative estimate of drug-likeness (QED) is 0.339. The van der Waals surface area contributed by atoms with Gasteiger partial charge in [0.2, 0.25) is 17.7 Å². The third kappa shape index (κ3) is 6.55. The minimum atomic E-state index is -1.40. The molecule has 4 aliphatic heterocycles. The van der Waals surface area contributed by atoms with Gasteiger partial charge in [-0.15, -0.1) is 0 Å². The van der Waals surface area contributed by atoms with Crippen LogP contribution in [0.5, 0.6) is 0 Å². The van der Waals surface area contributed by atoms with Crippen LogP contribution in [0.4, 0.5) is 0 Å². The SMILES string of the molecule is CC(C)(C)CC(C)(C)N1C/C=C\CCC(=O)NC[C@H](c2ccccc2)OC(=O)[C@H]2[C@@H]3O[C@@]4(C=C3Br)[C@@H]2C(=O)N(CCCO)[C@@H]4C1=O. The lowest BCUT2D eigenvalue weighted by atomic mass is 9.74. The minimum Gasteiger partial charge on any atom is -0.455 e. The summed E-state index contributed by atoms with van der Waals surface area (Å²) in [7, 11) is 0. The van der Waals surface area contributed by atoms with E-state index >= 15 is 0 Å². The van der Waals surface area contributed by atoms with Crippen molar-refractivity contribution in [2.75, 3.05) is 26.2 Å². The molecule has 5 bridgehead atoms. The smallest absolute Gasteiger partial charge is 0.313 e. The second kappa shape index (κ2) is 13.2. The van der Waals surface area contributed by atoms with Crippen molar-refractivity contribution >= 4 is 39.6 Å². The summed E-state index contributed by atoms with van der Waals surface area (Å²) in [4.78, 5) is 59.6. The summed E-state index contributed by atoms with van der Waals surface area (Å²) < 4.78 is 13.3. The summed E-state index contributed by atoms with van der Waals surface area (Å²) in [6, 6.07) is 8.11. The van der Waals surface area contributed by atoms with E-state index < -0.39 is 47.2 Å². The first-order valence-electron chi connectivity index (χ1n) is 16.2. The number of carbonyl (C=O) groups is 4. The monoisotopic (exact) mass is 699 g/mol. The highest BCUT2D eigenvalue weighted by molar-refractivity contribution is 9.11. The van der Waals surface area contributed by atoms with Crippen molar-refractivity contribution < 1.29 is 33.8 Å². The molecule has 5 rings (SSSR count). The van der Waals surface area contributed by atoms with Gasteiger partial charge in [-0.25, -0.2) is 0 Å². The van der Waals surface area contributed by atoms with Gasteiger partial charge in [0.25, 0.3) is 0 Å². The second-order valence-corrected chi connectivity index (χ2v) is 15.5. The van der Waals surface area contributed by atoms with E-state index in [1.807, 2.05) is 56.3 Å². The normalized spacial score (nSPS) is 31.5. The molecule has 0 aliphatic carbocycles. The molecule has 11 heteroatoms. The van der Waals surface area contributed by atoms with E-state index in [1.165, 1.54) is 4.90 Å². The number of benzene rings is 1. The van der Waals surface area contributed by atoms with Gasteiger partial charge in [0.15, 0.2) is 0 Å². The molecule has 4 aliphatic rings. The third-order valence-corrected chi connectivity index (χ3v) is 10.0. The van der Waals surface area contributed by atoms with Crippen LogP contribution in [0.3, 0.4) is 0 Å². The number of amides is 3. The molecule has 1 aromatic rings. The number of fused-ring (bicyclic) bond motifs is 2. The van der Waals surface area contributed by atoms with Crippen molar-refractivity contribution in [1.29, 1.82) is 0 Å². The summed E-state index contributed by atoms with van der Waals surface area (Å²) in [5.74, 6) is -3.50. The van der Waals surface area contributed by atoms with Crippen LogP contribution in [-0.4, -0.2) is 88.1 Å². The highest BCUT2D eigenvalue weighted by Crippen LogP contribution is 2.59. The number of esters is 1. The Hall–Kier alpha value is -3.02. The Kier molecular flexibility index (Phi) is 9.88. The first kappa shape index (κ1) is 34.3. The number of carbonyl (C=O) groups excluding carboxylic acids is 4. The lowest BCUT2D eigenvalue weighted by Crippen LogP contribution is -2.60. The molecule has 10 nitrogen and oxygen atoms in total. The minimum absolute atomic E-state index is 0.0653. The van der Waals surface area contributed by atoms with Gasteiger partial charge in [0, 0.05) is 36.1 Å². The highest BCUT2D eigenvalue weighted by atomic mass is 79.9. The number of rotatable bonds is 6. The van der Waals surface area contributed by atoms with Crippen LogP contribution >= 0.6 is 15.9 Å². The molecule has 2 N–H and O–H groups in total. The molecular weight excluding hydrogens is 654 g/mol. The van der Waals surface area contributed by atoms with Crippen molar-refractivity contribution in [3.8, 4) is 0 Å². The lowest BCUT2D eigenvalue weighted by molar-refractivity contribution is -0.160. The summed E-state index contributed by atoms with van der Waals surface area (Å²) in [5, 5.41) is 12.7. The molecule has 250 valence electrons. The van der Waals surface area contributed by atoms with E-state index in [1.54, 1.807) is 11.0 Å². The van der Waals surface area contributed by atoms with Crippen LogP contribution in [0.2, 0.25) is 0 Å². The van der Waals surface area contributed by atoms with Gasteiger partial charge in [-0.3, -0.25) is 19.2 Å². The first-order valence-corrected chi connectivity index (χ1v) is 17.0. The van der Waals surface area contributed by atoms with Crippen LogP contribution in [0.25, 0.3) is 0 Å². The molecule has 2 fully saturated rings. The number of allylic oxidation sites excluding steroid dienone is 1. The number of halogens is 1. The van der Waals surface area contributed by atoms with Gasteiger partial charge in [-0.05, 0) is 50.2 Å². The van der Waals surface area contributed by atoms with E-state index in [2.05, 4.69) is 42.0 Å². The Labute approximate surface area is 279 Å². The van der Waals surface area contributed by atoms with Crippen LogP contribution in [0.1, 0.15) is 72.0 Å². The van der Waals surface area contributed by atoms with E-state index in [9.17, 15) is 24.3 Å². The van der Waals surface area contributed by atoms with Gasteiger partial charge >= 0.3 is 5.97 Å². The fourth-order valence-electron chi connectivity index (χ4n) is 7.84. The average molecular weight is 701 g/mol. The number of ether oxygens (including phenoxy) is 2. The number of nitrogens with one attached hydrogen (secondary N) is 1. The number of hydrogen-bond donors (Lipinski definition) is 2. The molecule has 1 spiro atoms. The number of aliphatic hydroxyl groups is 1. The molecule has 4 heterocycles. The second-order valence-electron chi connectivity index (χ2n) is 14.6. The Morgan fingerprint density at radius 1 is 1.04 bits per heavy atom. The van der Waals surface area contributed by atoms with Crippen LogP contribution in [-0.2, 0) is 28.7 Å². The van der Waals surface area contributed by atoms with Crippen molar-refractivity contribution in [3.05, 3.63) is 58.6 Å². The average Bonchev–Trinajstić information content (AvgIpc) is 3.57. The summed E-state index contributed by atoms with van der Waals surface area (Å²) >= 11 is 3.60. The van der Waals surface area contributed by atoms with Crippen LogP contribution in [0.15, 0.2) is 53.0 Å². The van der Waals surface area contributed by atoms with Gasteiger partial charge in [0.05, 0.1) is 12.5 Å². The van der Waals surface area contributed by atoms with Crippen molar-refractivity contribution in [1.82, 2.24) is 15.1 Å². The Morgan fingerprint density at radius 3 is 2.43 bits per heavy atom. The number of nitrogens with zero attached hydrogens (tertiary/aromatic N) is 2. The lowest BCUT2D eigenvalue weighted by Gasteiger charge is -2.45. The molecule has 6 atom stereocenters. The predicted octanol–water partition coefficient (Wildman–Crippen LogP) is 4.04. The van der Waals surface area contributed by atoms with E-state index in [-0.39, 0.29) is 62.2 Å². The van der Waals surface area contributed by atoms with Gasteiger partial charge in [-0.2, -0.15) is 0 Å². The maximum atomic E-state index is 15.0. The fraction of sp³-hybridized carbons (Fsp3) is 0.600. The van der Waals surface area contributed by atoms with Crippen molar-refractivity contribution in [2.24, 2.45) is 17.3 Å². The van der Waals surface area contributed by atoms with Crippen LogP contribution < -0.4 is 5.32 Å². The van der Waals surface area contributed by atoms with E-state index in [0.717, 1.165) is 0 Å². The van der Waals surface area contributed by atoms with Crippen molar-refractivity contribution in [2.45, 2.75) is 89.7 Å². The number of aliphatic hydroxyl groups excluding tert-OH is 1.